The van der Waals surface area contributed by atoms with Crippen LogP contribution in [0.2, 0.25) is 0 Å². The van der Waals surface area contributed by atoms with E-state index >= 15 is 0 Å². The van der Waals surface area contributed by atoms with Gasteiger partial charge in [-0.15, -0.1) is 0 Å². The van der Waals surface area contributed by atoms with Gasteiger partial charge in [-0.3, -0.25) is 24.2 Å². The molecule has 2 rings (SSSR count). The Morgan fingerprint density at radius 3 is 2.16 bits per heavy atom. The van der Waals surface area contributed by atoms with Gasteiger partial charge in [-0.2, -0.15) is 0 Å². The standard InChI is InChI=1S/C28H43N9O6/c1-15(2)12-22(37-24(39)18(29)13-16-14-34-19-7-4-3-6-17(16)19)26(41)35-20(9-10-23(30)38)25(40)36-21(27(42)43)8-5-11-33-28(31)32/h3-4,6-7,14-15,18,20-22,34H,5,8-13,29H2,1-2H3,(H2,30,38)(H,35,41)(H,36,40)(H,37,39)(H,42,43)(H4,31,32,33). The predicted octanol–water partition coefficient (Wildman–Crippen LogP) is -1.06. The van der Waals surface area contributed by atoms with E-state index in [0.717, 1.165) is 16.5 Å². The Kier molecular flexibility index (Phi) is 13.4. The first-order valence-electron chi connectivity index (χ1n) is 14.1. The largest absolute Gasteiger partial charge is 0.480 e. The summed E-state index contributed by atoms with van der Waals surface area (Å²) in [5.74, 6) is -4.26. The molecule has 15 nitrogen and oxygen atoms in total. The number of amides is 4. The molecule has 0 bridgehead atoms. The third-order valence-corrected chi connectivity index (χ3v) is 6.66. The van der Waals surface area contributed by atoms with Crippen LogP contribution < -0.4 is 38.9 Å². The third-order valence-electron chi connectivity index (χ3n) is 6.66. The molecule has 0 aliphatic rings. The molecule has 13 N–H and O–H groups in total. The summed E-state index contributed by atoms with van der Waals surface area (Å²) in [5.41, 5.74) is 23.8. The fourth-order valence-electron chi connectivity index (χ4n) is 4.47. The zero-order chi connectivity index (χ0) is 32.1. The number of para-hydroxylation sites is 1. The lowest BCUT2D eigenvalue weighted by atomic mass is 10.0. The number of hydrogen-bond donors (Lipinski definition) is 9. The van der Waals surface area contributed by atoms with E-state index in [1.165, 1.54) is 0 Å². The number of fused-ring (bicyclic) bond motifs is 1. The number of hydrogen-bond acceptors (Lipinski definition) is 7. The van der Waals surface area contributed by atoms with Crippen molar-refractivity contribution in [2.75, 3.05) is 6.54 Å². The minimum absolute atomic E-state index is 0.00862. The predicted molar refractivity (Wildman–Crippen MR) is 161 cm³/mol. The minimum atomic E-state index is -1.30. The number of primary amides is 1. The van der Waals surface area contributed by atoms with Gasteiger partial charge < -0.3 is 49.0 Å². The Hall–Kier alpha value is -4.66. The summed E-state index contributed by atoms with van der Waals surface area (Å²) in [5, 5.41) is 18.1. The van der Waals surface area contributed by atoms with Crippen LogP contribution in [0.4, 0.5) is 0 Å². The number of carboxylic acid groups (broad SMARTS) is 1. The second-order valence-corrected chi connectivity index (χ2v) is 10.8. The van der Waals surface area contributed by atoms with E-state index in [1.807, 2.05) is 38.1 Å². The number of benzene rings is 1. The van der Waals surface area contributed by atoms with Crippen LogP contribution in [-0.2, 0) is 30.4 Å². The van der Waals surface area contributed by atoms with Crippen LogP contribution in [0.3, 0.4) is 0 Å². The van der Waals surface area contributed by atoms with Gasteiger partial charge in [0.1, 0.15) is 18.1 Å². The molecule has 1 heterocycles. The highest BCUT2D eigenvalue weighted by atomic mass is 16.4. The summed E-state index contributed by atoms with van der Waals surface area (Å²) >= 11 is 0. The molecule has 0 radical (unpaired) electrons. The summed E-state index contributed by atoms with van der Waals surface area (Å²) in [6, 6.07) is 2.96. The summed E-state index contributed by atoms with van der Waals surface area (Å²) in [6.45, 7) is 3.87. The Morgan fingerprint density at radius 1 is 0.907 bits per heavy atom. The van der Waals surface area contributed by atoms with Crippen LogP contribution in [0.15, 0.2) is 35.5 Å². The van der Waals surface area contributed by atoms with Crippen LogP contribution in [-0.4, -0.2) is 76.4 Å². The molecule has 0 fully saturated rings. The molecular formula is C28H43N9O6. The number of nitrogens with zero attached hydrogens (tertiary/aromatic N) is 1. The summed E-state index contributed by atoms with van der Waals surface area (Å²) in [4.78, 5) is 69.6. The number of aliphatic imine (C=N–C) groups is 1. The first-order chi connectivity index (χ1) is 20.3. The second-order valence-electron chi connectivity index (χ2n) is 10.8. The molecule has 236 valence electrons. The molecule has 2 aromatic rings. The van der Waals surface area contributed by atoms with Crippen molar-refractivity contribution in [1.29, 1.82) is 0 Å². The number of nitrogens with two attached hydrogens (primary N) is 4. The van der Waals surface area contributed by atoms with Crippen molar-refractivity contribution in [3.8, 4) is 0 Å². The van der Waals surface area contributed by atoms with Crippen molar-refractivity contribution < 1.29 is 29.1 Å². The molecule has 4 amide bonds. The van der Waals surface area contributed by atoms with Gasteiger partial charge in [-0.1, -0.05) is 32.0 Å². The summed E-state index contributed by atoms with van der Waals surface area (Å²) in [7, 11) is 0. The van der Waals surface area contributed by atoms with Gasteiger partial charge in [0.25, 0.3) is 0 Å². The van der Waals surface area contributed by atoms with Crippen LogP contribution in [0.5, 0.6) is 0 Å². The first-order valence-corrected chi connectivity index (χ1v) is 14.1. The van der Waals surface area contributed by atoms with Crippen molar-refractivity contribution in [2.24, 2.45) is 33.8 Å². The maximum Gasteiger partial charge on any atom is 0.326 e. The van der Waals surface area contributed by atoms with Crippen molar-refractivity contribution in [3.05, 3.63) is 36.0 Å². The molecule has 15 heteroatoms. The number of H-pyrrole nitrogens is 1. The quantitative estimate of drug-likeness (QED) is 0.0571. The molecule has 0 saturated heterocycles. The van der Waals surface area contributed by atoms with Crippen LogP contribution in [0.25, 0.3) is 10.9 Å². The molecule has 0 spiro atoms. The average molecular weight is 602 g/mol. The Labute approximate surface area is 249 Å². The minimum Gasteiger partial charge on any atom is -0.480 e. The fourth-order valence-corrected chi connectivity index (χ4v) is 4.47. The van der Waals surface area contributed by atoms with Crippen molar-refractivity contribution >= 4 is 46.5 Å². The Bertz CT molecular complexity index is 1300. The molecule has 1 aromatic carbocycles. The van der Waals surface area contributed by atoms with Crippen molar-refractivity contribution in [3.63, 3.8) is 0 Å². The molecule has 0 saturated carbocycles. The van der Waals surface area contributed by atoms with Crippen LogP contribution in [0, 0.1) is 5.92 Å². The second kappa shape index (κ2) is 16.7. The van der Waals surface area contributed by atoms with Gasteiger partial charge in [0, 0.05) is 30.1 Å². The molecule has 43 heavy (non-hydrogen) atoms. The van der Waals surface area contributed by atoms with Gasteiger partial charge in [-0.25, -0.2) is 4.79 Å². The van der Waals surface area contributed by atoms with Crippen molar-refractivity contribution in [2.45, 2.75) is 76.5 Å². The molecule has 0 aliphatic carbocycles. The SMILES string of the molecule is CC(C)CC(NC(=O)C(N)Cc1c[nH]c2ccccc12)C(=O)NC(CCC(N)=O)C(=O)NC(CCCN=C(N)N)C(=O)O. The molecule has 4 unspecified atom stereocenters. The van der Waals surface area contributed by atoms with Gasteiger partial charge in [0.2, 0.25) is 23.6 Å². The number of rotatable bonds is 18. The van der Waals surface area contributed by atoms with E-state index in [4.69, 9.17) is 22.9 Å². The van der Waals surface area contributed by atoms with E-state index in [9.17, 15) is 29.1 Å². The van der Waals surface area contributed by atoms with E-state index in [-0.39, 0.29) is 56.9 Å². The maximum absolute atomic E-state index is 13.4. The number of aliphatic carboxylic acids is 1. The van der Waals surface area contributed by atoms with E-state index < -0.39 is 53.8 Å². The Balaban J connectivity index is 2.12. The number of aromatic amines is 1. The lowest BCUT2D eigenvalue weighted by Gasteiger charge is -2.26. The normalized spacial score (nSPS) is 13.9. The monoisotopic (exact) mass is 601 g/mol. The zero-order valence-corrected chi connectivity index (χ0v) is 24.5. The lowest BCUT2D eigenvalue weighted by Crippen LogP contribution is -2.57. The number of carbonyl (C=O) groups is 5. The topological polar surface area (TPSA) is 274 Å². The van der Waals surface area contributed by atoms with Crippen LogP contribution in [0.1, 0.15) is 51.5 Å². The number of carboxylic acids is 1. The number of aromatic nitrogens is 1. The van der Waals surface area contributed by atoms with Gasteiger partial charge in [-0.05, 0) is 49.7 Å². The van der Waals surface area contributed by atoms with E-state index in [1.54, 1.807) is 6.20 Å². The summed E-state index contributed by atoms with van der Waals surface area (Å²) < 4.78 is 0. The average Bonchev–Trinajstić information content (AvgIpc) is 3.33. The molecule has 4 atom stereocenters. The molecular weight excluding hydrogens is 558 g/mol. The van der Waals surface area contributed by atoms with Gasteiger partial charge in [0.15, 0.2) is 5.96 Å². The fraction of sp³-hybridized carbons (Fsp3) is 0.500. The van der Waals surface area contributed by atoms with E-state index in [0.29, 0.717) is 0 Å². The molecule has 0 aliphatic heterocycles. The summed E-state index contributed by atoms with van der Waals surface area (Å²) in [6.07, 6.45) is 2.05. The highest BCUT2D eigenvalue weighted by Crippen LogP contribution is 2.19. The van der Waals surface area contributed by atoms with Crippen LogP contribution >= 0.6 is 0 Å². The smallest absolute Gasteiger partial charge is 0.326 e. The molecule has 1 aromatic heterocycles. The Morgan fingerprint density at radius 2 is 1.53 bits per heavy atom. The maximum atomic E-state index is 13.4. The lowest BCUT2D eigenvalue weighted by molar-refractivity contribution is -0.142. The van der Waals surface area contributed by atoms with Gasteiger partial charge in [0.05, 0.1) is 6.04 Å². The number of nitrogens with one attached hydrogen (secondary N) is 4. The number of carbonyl (C=O) groups excluding carboxylic acids is 4. The highest BCUT2D eigenvalue weighted by Gasteiger charge is 2.31. The number of guanidine groups is 1. The zero-order valence-electron chi connectivity index (χ0n) is 24.5. The van der Waals surface area contributed by atoms with E-state index in [2.05, 4.69) is 25.9 Å². The third kappa shape index (κ3) is 11.6. The van der Waals surface area contributed by atoms with Crippen molar-refractivity contribution in [1.82, 2.24) is 20.9 Å². The first kappa shape index (κ1) is 34.5. The highest BCUT2D eigenvalue weighted by molar-refractivity contribution is 5.94. The van der Waals surface area contributed by atoms with Gasteiger partial charge >= 0.3 is 5.97 Å².